The number of nitrogens with zero attached hydrogens (tertiary/aromatic N) is 2. The van der Waals surface area contributed by atoms with Crippen molar-refractivity contribution in [3.8, 4) is 0 Å². The molecule has 0 spiro atoms. The number of nitrogen functional groups attached to an aromatic ring is 1. The summed E-state index contributed by atoms with van der Waals surface area (Å²) >= 11 is 0. The summed E-state index contributed by atoms with van der Waals surface area (Å²) in [5, 5.41) is 0. The van der Waals surface area contributed by atoms with Crippen LogP contribution in [0.25, 0.3) is 0 Å². The zero-order chi connectivity index (χ0) is 13.2. The van der Waals surface area contributed by atoms with E-state index in [1.807, 2.05) is 24.3 Å². The molecule has 5 heteroatoms. The Bertz CT molecular complexity index is 626. The first kappa shape index (κ1) is 11.7. The summed E-state index contributed by atoms with van der Waals surface area (Å²) in [5.41, 5.74) is 5.76. The van der Waals surface area contributed by atoms with Crippen LogP contribution in [0.4, 0.5) is 11.4 Å². The Morgan fingerprint density at radius 3 is 3.00 bits per heavy atom. The molecule has 1 aliphatic rings. The van der Waals surface area contributed by atoms with E-state index >= 15 is 0 Å². The van der Waals surface area contributed by atoms with Crippen molar-refractivity contribution in [2.24, 2.45) is 5.84 Å². The van der Waals surface area contributed by atoms with Crippen LogP contribution >= 0.6 is 0 Å². The Balaban J connectivity index is 1.93. The summed E-state index contributed by atoms with van der Waals surface area (Å²) in [6.45, 7) is 0.695. The van der Waals surface area contributed by atoms with Gasteiger partial charge in [-0.15, -0.1) is 0 Å². The molecule has 0 radical (unpaired) electrons. The van der Waals surface area contributed by atoms with Crippen molar-refractivity contribution in [3.05, 3.63) is 53.9 Å². The van der Waals surface area contributed by atoms with Crippen molar-refractivity contribution >= 4 is 17.3 Å². The molecule has 0 saturated heterocycles. The number of hydrazine groups is 1. The lowest BCUT2D eigenvalue weighted by Gasteiger charge is -2.17. The van der Waals surface area contributed by atoms with Gasteiger partial charge < -0.3 is 10.3 Å². The number of benzene rings is 1. The number of carbonyl (C=O) groups is 1. The normalized spacial score (nSPS) is 13.2. The van der Waals surface area contributed by atoms with E-state index in [9.17, 15) is 4.79 Å². The minimum Gasteiger partial charge on any atom is -0.324 e. The van der Waals surface area contributed by atoms with Gasteiger partial charge in [-0.3, -0.25) is 15.6 Å². The molecule has 0 unspecified atom stereocenters. The lowest BCUT2D eigenvalue weighted by atomic mass is 10.2. The minimum atomic E-state index is -0.0953. The molecule has 0 bridgehead atoms. The molecule has 1 aliphatic heterocycles. The standard InChI is InChI=1S/C14H14N4O/c15-17-11-5-7-16-12(9-11)14(19)18-8-6-10-3-1-2-4-13(10)18/h1-5,7,9H,6,8,15H2,(H,16,17). The number of hydrogen-bond donors (Lipinski definition) is 2. The van der Waals surface area contributed by atoms with Crippen LogP contribution in [0.2, 0.25) is 0 Å². The molecule has 0 fully saturated rings. The summed E-state index contributed by atoms with van der Waals surface area (Å²) in [4.78, 5) is 18.4. The molecule has 2 aromatic rings. The third-order valence-corrected chi connectivity index (χ3v) is 3.28. The van der Waals surface area contributed by atoms with Crippen LogP contribution in [0.3, 0.4) is 0 Å². The lowest BCUT2D eigenvalue weighted by molar-refractivity contribution is 0.0984. The molecule has 3 N–H and O–H groups in total. The fourth-order valence-electron chi connectivity index (χ4n) is 2.32. The van der Waals surface area contributed by atoms with Gasteiger partial charge in [-0.05, 0) is 30.2 Å². The number of fused-ring (bicyclic) bond motifs is 1. The molecule has 1 aromatic heterocycles. The summed E-state index contributed by atoms with van der Waals surface area (Å²) in [6, 6.07) is 11.3. The van der Waals surface area contributed by atoms with Crippen molar-refractivity contribution in [3.63, 3.8) is 0 Å². The van der Waals surface area contributed by atoms with E-state index in [0.29, 0.717) is 17.9 Å². The minimum absolute atomic E-state index is 0.0953. The number of carbonyl (C=O) groups excluding carboxylic acids is 1. The van der Waals surface area contributed by atoms with Crippen LogP contribution in [0, 0.1) is 0 Å². The van der Waals surface area contributed by atoms with Crippen LogP contribution in [0.5, 0.6) is 0 Å². The summed E-state index contributed by atoms with van der Waals surface area (Å²) < 4.78 is 0. The monoisotopic (exact) mass is 254 g/mol. The lowest BCUT2D eigenvalue weighted by Crippen LogP contribution is -2.29. The highest BCUT2D eigenvalue weighted by Crippen LogP contribution is 2.28. The maximum absolute atomic E-state index is 12.5. The Morgan fingerprint density at radius 1 is 1.32 bits per heavy atom. The zero-order valence-electron chi connectivity index (χ0n) is 10.3. The molecule has 3 rings (SSSR count). The molecule has 2 heterocycles. The highest BCUT2D eigenvalue weighted by molar-refractivity contribution is 6.06. The van der Waals surface area contributed by atoms with Gasteiger partial charge in [0, 0.05) is 18.4 Å². The third-order valence-electron chi connectivity index (χ3n) is 3.28. The molecular weight excluding hydrogens is 240 g/mol. The molecular formula is C14H14N4O. The van der Waals surface area contributed by atoms with Gasteiger partial charge >= 0.3 is 0 Å². The number of hydrogen-bond acceptors (Lipinski definition) is 4. The number of rotatable bonds is 2. The van der Waals surface area contributed by atoms with Gasteiger partial charge in [-0.25, -0.2) is 0 Å². The number of nitrogens with one attached hydrogen (secondary N) is 1. The van der Waals surface area contributed by atoms with Gasteiger partial charge in [0.2, 0.25) is 0 Å². The summed E-state index contributed by atoms with van der Waals surface area (Å²) in [7, 11) is 0. The highest BCUT2D eigenvalue weighted by atomic mass is 16.2. The second-order valence-corrected chi connectivity index (χ2v) is 4.41. The molecule has 19 heavy (non-hydrogen) atoms. The predicted molar refractivity (Wildman–Crippen MR) is 73.9 cm³/mol. The molecule has 1 aromatic carbocycles. The number of anilines is 2. The SMILES string of the molecule is NNc1ccnc(C(=O)N2CCc3ccccc32)c1. The van der Waals surface area contributed by atoms with Crippen molar-refractivity contribution in [1.82, 2.24) is 4.98 Å². The Hall–Kier alpha value is -2.40. The first-order valence-corrected chi connectivity index (χ1v) is 6.12. The van der Waals surface area contributed by atoms with Gasteiger partial charge in [0.1, 0.15) is 5.69 Å². The van der Waals surface area contributed by atoms with E-state index in [2.05, 4.69) is 10.4 Å². The Morgan fingerprint density at radius 2 is 2.16 bits per heavy atom. The molecule has 0 saturated carbocycles. The van der Waals surface area contributed by atoms with Crippen LogP contribution in [0.15, 0.2) is 42.6 Å². The predicted octanol–water partition coefficient (Wildman–Crippen LogP) is 1.57. The highest BCUT2D eigenvalue weighted by Gasteiger charge is 2.25. The Kier molecular flexibility index (Phi) is 2.89. The van der Waals surface area contributed by atoms with E-state index in [4.69, 9.17) is 5.84 Å². The van der Waals surface area contributed by atoms with E-state index in [1.165, 1.54) is 5.56 Å². The largest absolute Gasteiger partial charge is 0.324 e. The van der Waals surface area contributed by atoms with Gasteiger partial charge in [-0.2, -0.15) is 0 Å². The number of para-hydroxylation sites is 1. The smallest absolute Gasteiger partial charge is 0.276 e. The maximum Gasteiger partial charge on any atom is 0.276 e. The van der Waals surface area contributed by atoms with Crippen LogP contribution in [-0.4, -0.2) is 17.4 Å². The topological polar surface area (TPSA) is 71.2 Å². The van der Waals surface area contributed by atoms with Crippen LogP contribution in [-0.2, 0) is 6.42 Å². The van der Waals surface area contributed by atoms with E-state index in [1.54, 1.807) is 23.2 Å². The summed E-state index contributed by atoms with van der Waals surface area (Å²) in [6.07, 6.45) is 2.46. The van der Waals surface area contributed by atoms with Crippen molar-refractivity contribution in [2.75, 3.05) is 16.9 Å². The molecule has 0 atom stereocenters. The van der Waals surface area contributed by atoms with Gasteiger partial charge in [0.05, 0.1) is 5.69 Å². The van der Waals surface area contributed by atoms with Crippen LogP contribution in [0.1, 0.15) is 16.1 Å². The van der Waals surface area contributed by atoms with E-state index in [-0.39, 0.29) is 5.91 Å². The van der Waals surface area contributed by atoms with E-state index < -0.39 is 0 Å². The van der Waals surface area contributed by atoms with Crippen LogP contribution < -0.4 is 16.2 Å². The second-order valence-electron chi connectivity index (χ2n) is 4.41. The quantitative estimate of drug-likeness (QED) is 0.630. The van der Waals surface area contributed by atoms with E-state index in [0.717, 1.165) is 12.1 Å². The number of pyridine rings is 1. The average Bonchev–Trinajstić information content (AvgIpc) is 2.90. The first-order valence-electron chi connectivity index (χ1n) is 6.12. The first-order chi connectivity index (χ1) is 9.29. The number of aromatic nitrogens is 1. The number of amides is 1. The van der Waals surface area contributed by atoms with Gasteiger partial charge in [0.15, 0.2) is 0 Å². The Labute approximate surface area is 111 Å². The second kappa shape index (κ2) is 4.70. The van der Waals surface area contributed by atoms with Gasteiger partial charge in [0.25, 0.3) is 5.91 Å². The zero-order valence-corrected chi connectivity index (χ0v) is 10.3. The maximum atomic E-state index is 12.5. The average molecular weight is 254 g/mol. The van der Waals surface area contributed by atoms with Crippen molar-refractivity contribution in [1.29, 1.82) is 0 Å². The molecule has 0 aliphatic carbocycles. The third kappa shape index (κ3) is 2.04. The van der Waals surface area contributed by atoms with Gasteiger partial charge in [-0.1, -0.05) is 18.2 Å². The molecule has 1 amide bonds. The summed E-state index contributed by atoms with van der Waals surface area (Å²) in [5.74, 6) is 5.25. The fraction of sp³-hybridized carbons (Fsp3) is 0.143. The molecule has 5 nitrogen and oxygen atoms in total. The fourth-order valence-corrected chi connectivity index (χ4v) is 2.32. The van der Waals surface area contributed by atoms with Crippen molar-refractivity contribution < 1.29 is 4.79 Å². The van der Waals surface area contributed by atoms with Crippen molar-refractivity contribution in [2.45, 2.75) is 6.42 Å². The molecule has 96 valence electrons. The number of nitrogens with two attached hydrogens (primary N) is 1.